The zero-order valence-electron chi connectivity index (χ0n) is 12.8. The Morgan fingerprint density at radius 1 is 0.783 bits per heavy atom. The SMILES string of the molecule is COc1ccc2c(c1)C(=O)C(=O)c1cc(O)c(OC)c(OC)c1-2. The van der Waals surface area contributed by atoms with Gasteiger partial charge in [0.15, 0.2) is 11.5 Å². The molecule has 0 unspecified atom stereocenters. The number of methoxy groups -OCH3 is 3. The number of ether oxygens (including phenoxy) is 3. The summed E-state index contributed by atoms with van der Waals surface area (Å²) in [4.78, 5) is 24.8. The number of fused-ring (bicyclic) bond motifs is 3. The van der Waals surface area contributed by atoms with Gasteiger partial charge < -0.3 is 19.3 Å². The molecule has 0 atom stereocenters. The van der Waals surface area contributed by atoms with E-state index in [0.717, 1.165) is 0 Å². The molecule has 3 rings (SSSR count). The number of benzene rings is 2. The van der Waals surface area contributed by atoms with Crippen molar-refractivity contribution < 1.29 is 28.9 Å². The summed E-state index contributed by atoms with van der Waals surface area (Å²) in [6.45, 7) is 0. The molecule has 0 radical (unpaired) electrons. The number of carbonyl (C=O) groups excluding carboxylic acids is 2. The van der Waals surface area contributed by atoms with Crippen LogP contribution in [0.15, 0.2) is 24.3 Å². The van der Waals surface area contributed by atoms with Gasteiger partial charge in [-0.25, -0.2) is 0 Å². The first-order chi connectivity index (χ1) is 11.0. The molecule has 118 valence electrons. The molecular weight excluding hydrogens is 300 g/mol. The number of ketones is 2. The van der Waals surface area contributed by atoms with Gasteiger partial charge in [0.2, 0.25) is 17.3 Å². The molecule has 0 amide bonds. The maximum atomic E-state index is 12.4. The first-order valence-electron chi connectivity index (χ1n) is 6.78. The van der Waals surface area contributed by atoms with Crippen LogP contribution in [0.2, 0.25) is 0 Å². The third kappa shape index (κ3) is 2.03. The molecule has 1 N–H and O–H groups in total. The molecule has 1 aliphatic rings. The van der Waals surface area contributed by atoms with E-state index in [2.05, 4.69) is 0 Å². The van der Waals surface area contributed by atoms with Gasteiger partial charge in [-0.05, 0) is 29.8 Å². The Balaban J connectivity index is 2.42. The van der Waals surface area contributed by atoms with Gasteiger partial charge in [-0.1, -0.05) is 0 Å². The maximum Gasteiger partial charge on any atom is 0.234 e. The molecule has 0 saturated carbocycles. The summed E-state index contributed by atoms with van der Waals surface area (Å²) in [5.41, 5.74) is 1.26. The first kappa shape index (κ1) is 14.9. The molecule has 0 heterocycles. The van der Waals surface area contributed by atoms with Crippen molar-refractivity contribution >= 4 is 11.6 Å². The van der Waals surface area contributed by atoms with E-state index in [1.807, 2.05) is 0 Å². The quantitative estimate of drug-likeness (QED) is 0.876. The lowest BCUT2D eigenvalue weighted by Gasteiger charge is -2.22. The number of aromatic hydroxyl groups is 1. The van der Waals surface area contributed by atoms with Crippen LogP contribution in [-0.4, -0.2) is 38.0 Å². The van der Waals surface area contributed by atoms with E-state index in [1.54, 1.807) is 12.1 Å². The first-order valence-corrected chi connectivity index (χ1v) is 6.78. The summed E-state index contributed by atoms with van der Waals surface area (Å²) in [5, 5.41) is 10.0. The molecule has 0 saturated heterocycles. The van der Waals surface area contributed by atoms with Crippen molar-refractivity contribution in [2.45, 2.75) is 0 Å². The second-order valence-electron chi connectivity index (χ2n) is 4.95. The Bertz CT molecular complexity index is 837. The van der Waals surface area contributed by atoms with Gasteiger partial charge in [-0.3, -0.25) is 9.59 Å². The molecule has 1 aliphatic carbocycles. The third-order valence-corrected chi connectivity index (χ3v) is 3.82. The van der Waals surface area contributed by atoms with Crippen LogP contribution in [0.1, 0.15) is 20.7 Å². The monoisotopic (exact) mass is 314 g/mol. The van der Waals surface area contributed by atoms with Gasteiger partial charge in [-0.2, -0.15) is 0 Å². The van der Waals surface area contributed by atoms with Crippen molar-refractivity contribution in [2.24, 2.45) is 0 Å². The fraction of sp³-hybridized carbons (Fsp3) is 0.176. The molecule has 0 bridgehead atoms. The lowest BCUT2D eigenvalue weighted by Crippen LogP contribution is -2.22. The maximum absolute atomic E-state index is 12.4. The molecule has 23 heavy (non-hydrogen) atoms. The van der Waals surface area contributed by atoms with Crippen LogP contribution < -0.4 is 14.2 Å². The van der Waals surface area contributed by atoms with Gasteiger partial charge in [0.1, 0.15) is 5.75 Å². The summed E-state index contributed by atoms with van der Waals surface area (Å²) >= 11 is 0. The molecule has 0 spiro atoms. The van der Waals surface area contributed by atoms with E-state index < -0.39 is 11.6 Å². The highest BCUT2D eigenvalue weighted by atomic mass is 16.5. The van der Waals surface area contributed by atoms with Crippen LogP contribution in [0, 0.1) is 0 Å². The Labute approximate surface area is 132 Å². The van der Waals surface area contributed by atoms with Crippen LogP contribution >= 0.6 is 0 Å². The van der Waals surface area contributed by atoms with Crippen molar-refractivity contribution in [3.63, 3.8) is 0 Å². The van der Waals surface area contributed by atoms with Crippen LogP contribution in [-0.2, 0) is 0 Å². The van der Waals surface area contributed by atoms with Crippen molar-refractivity contribution in [3.8, 4) is 34.1 Å². The predicted octanol–water partition coefficient (Wildman–Crippen LogP) is 2.46. The van der Waals surface area contributed by atoms with Crippen LogP contribution in [0.4, 0.5) is 0 Å². The lowest BCUT2D eigenvalue weighted by molar-refractivity contribution is 0.0814. The average molecular weight is 314 g/mol. The van der Waals surface area contributed by atoms with E-state index in [9.17, 15) is 14.7 Å². The van der Waals surface area contributed by atoms with Crippen molar-refractivity contribution in [2.75, 3.05) is 21.3 Å². The zero-order chi connectivity index (χ0) is 16.7. The number of Topliss-reactive ketones (excluding diaryl/α,β-unsaturated/α-hetero) is 2. The summed E-state index contributed by atoms with van der Waals surface area (Å²) in [7, 11) is 4.27. The molecule has 0 aliphatic heterocycles. The largest absolute Gasteiger partial charge is 0.504 e. The van der Waals surface area contributed by atoms with Gasteiger partial charge >= 0.3 is 0 Å². The molecule has 6 heteroatoms. The van der Waals surface area contributed by atoms with Crippen molar-refractivity contribution in [3.05, 3.63) is 35.4 Å². The zero-order valence-corrected chi connectivity index (χ0v) is 12.8. The van der Waals surface area contributed by atoms with Crippen molar-refractivity contribution in [1.82, 2.24) is 0 Å². The highest BCUT2D eigenvalue weighted by molar-refractivity contribution is 6.53. The van der Waals surface area contributed by atoms with Crippen molar-refractivity contribution in [1.29, 1.82) is 0 Å². The minimum absolute atomic E-state index is 0.0859. The molecule has 0 fully saturated rings. The fourth-order valence-corrected chi connectivity index (χ4v) is 2.77. The molecule has 2 aromatic rings. The topological polar surface area (TPSA) is 82.1 Å². The fourth-order valence-electron chi connectivity index (χ4n) is 2.77. The Kier molecular flexibility index (Phi) is 3.44. The minimum atomic E-state index is -0.711. The number of hydrogen-bond donors (Lipinski definition) is 1. The summed E-state index contributed by atoms with van der Waals surface area (Å²) in [6.07, 6.45) is 0. The van der Waals surface area contributed by atoms with Gasteiger partial charge in [-0.15, -0.1) is 0 Å². The number of carbonyl (C=O) groups is 2. The number of rotatable bonds is 3. The van der Waals surface area contributed by atoms with Crippen LogP contribution in [0.25, 0.3) is 11.1 Å². The van der Waals surface area contributed by atoms with E-state index in [4.69, 9.17) is 14.2 Å². The van der Waals surface area contributed by atoms with E-state index in [0.29, 0.717) is 16.9 Å². The van der Waals surface area contributed by atoms with E-state index >= 15 is 0 Å². The van der Waals surface area contributed by atoms with E-state index in [-0.39, 0.29) is 28.4 Å². The second-order valence-corrected chi connectivity index (χ2v) is 4.95. The Hall–Kier alpha value is -3.02. The summed E-state index contributed by atoms with van der Waals surface area (Å²) in [5.74, 6) is -0.848. The highest BCUT2D eigenvalue weighted by Crippen LogP contribution is 2.49. The summed E-state index contributed by atoms with van der Waals surface area (Å²) < 4.78 is 15.6. The lowest BCUT2D eigenvalue weighted by atomic mass is 9.83. The number of phenols is 1. The smallest absolute Gasteiger partial charge is 0.234 e. The average Bonchev–Trinajstić information content (AvgIpc) is 2.58. The van der Waals surface area contributed by atoms with Gasteiger partial charge in [0.05, 0.1) is 21.3 Å². The van der Waals surface area contributed by atoms with Gasteiger partial charge in [0, 0.05) is 16.7 Å². The molecule has 6 nitrogen and oxygen atoms in total. The minimum Gasteiger partial charge on any atom is -0.504 e. The molecule has 2 aromatic carbocycles. The number of hydrogen-bond acceptors (Lipinski definition) is 6. The third-order valence-electron chi connectivity index (χ3n) is 3.82. The van der Waals surface area contributed by atoms with Crippen LogP contribution in [0.3, 0.4) is 0 Å². The normalized spacial score (nSPS) is 12.5. The van der Waals surface area contributed by atoms with Gasteiger partial charge in [0.25, 0.3) is 0 Å². The molecular formula is C17H14O6. The Morgan fingerprint density at radius 3 is 2.04 bits per heavy atom. The standard InChI is InChI=1S/C17H14O6/c1-21-8-4-5-9-10(6-8)14(19)15(20)11-7-12(18)16(22-2)17(23-3)13(9)11/h4-7,18H,1-3H3. The molecule has 0 aromatic heterocycles. The Morgan fingerprint density at radius 2 is 1.43 bits per heavy atom. The summed E-state index contributed by atoms with van der Waals surface area (Å²) in [6, 6.07) is 6.10. The predicted molar refractivity (Wildman–Crippen MR) is 81.9 cm³/mol. The van der Waals surface area contributed by atoms with E-state index in [1.165, 1.54) is 33.5 Å². The van der Waals surface area contributed by atoms with Crippen LogP contribution in [0.5, 0.6) is 23.0 Å². The number of phenolic OH excluding ortho intramolecular Hbond substituents is 1. The highest BCUT2D eigenvalue weighted by Gasteiger charge is 2.35. The second kappa shape index (κ2) is 5.31.